The lowest BCUT2D eigenvalue weighted by atomic mass is 10.1. The Morgan fingerprint density at radius 1 is 1.45 bits per heavy atom. The molecule has 1 atom stereocenters. The Hall–Kier alpha value is -0.660. The summed E-state index contributed by atoms with van der Waals surface area (Å²) in [6, 6.07) is 2.74. The number of hydrogen-bond acceptors (Lipinski definition) is 3. The van der Waals surface area contributed by atoms with Gasteiger partial charge in [-0.15, -0.1) is 0 Å². The van der Waals surface area contributed by atoms with Crippen molar-refractivity contribution in [3.63, 3.8) is 0 Å². The Kier molecular flexibility index (Phi) is 5.04. The molecule has 112 valence electrons. The summed E-state index contributed by atoms with van der Waals surface area (Å²) in [4.78, 5) is 0. The summed E-state index contributed by atoms with van der Waals surface area (Å²) in [5, 5.41) is 3.20. The molecule has 0 amide bonds. The third kappa shape index (κ3) is 4.17. The fourth-order valence-electron chi connectivity index (χ4n) is 2.30. The maximum Gasteiger partial charge on any atom is 0.234 e. The molecule has 0 aliphatic carbocycles. The van der Waals surface area contributed by atoms with E-state index in [0.29, 0.717) is 15.7 Å². The van der Waals surface area contributed by atoms with Crippen molar-refractivity contribution in [2.45, 2.75) is 32.2 Å². The van der Waals surface area contributed by atoms with E-state index in [1.165, 1.54) is 6.07 Å². The van der Waals surface area contributed by atoms with Gasteiger partial charge < -0.3 is 5.32 Å². The predicted molar refractivity (Wildman–Crippen MR) is 81.9 cm³/mol. The van der Waals surface area contributed by atoms with Gasteiger partial charge in [-0.1, -0.05) is 6.42 Å². The number of sulfonamides is 1. The normalized spacial score (nSPS) is 19.9. The molecule has 1 fully saturated rings. The smallest absolute Gasteiger partial charge is 0.234 e. The van der Waals surface area contributed by atoms with Gasteiger partial charge in [0.05, 0.1) is 15.9 Å². The minimum atomic E-state index is -3.48. The Balaban J connectivity index is 2.09. The van der Waals surface area contributed by atoms with E-state index in [9.17, 15) is 12.8 Å². The van der Waals surface area contributed by atoms with Crippen molar-refractivity contribution in [2.75, 3.05) is 17.0 Å². The summed E-state index contributed by atoms with van der Waals surface area (Å²) in [5.41, 5.74) is 0.972. The number of halogens is 2. The van der Waals surface area contributed by atoms with Crippen LogP contribution in [-0.2, 0) is 10.0 Å². The van der Waals surface area contributed by atoms with Crippen molar-refractivity contribution >= 4 is 31.6 Å². The molecule has 2 N–H and O–H groups in total. The van der Waals surface area contributed by atoms with Crippen LogP contribution >= 0.6 is 15.9 Å². The molecule has 1 aromatic carbocycles. The highest BCUT2D eigenvalue weighted by Gasteiger charge is 2.21. The van der Waals surface area contributed by atoms with Crippen molar-refractivity contribution in [2.24, 2.45) is 0 Å². The second kappa shape index (κ2) is 6.41. The summed E-state index contributed by atoms with van der Waals surface area (Å²) in [5.74, 6) is -0.464. The van der Waals surface area contributed by atoms with Crippen molar-refractivity contribution in [3.05, 3.63) is 28.0 Å². The summed E-state index contributed by atoms with van der Waals surface area (Å²) in [6.45, 7) is 2.59. The highest BCUT2D eigenvalue weighted by molar-refractivity contribution is 9.10. The van der Waals surface area contributed by atoms with Gasteiger partial charge in [0.1, 0.15) is 5.82 Å². The van der Waals surface area contributed by atoms with E-state index in [0.717, 1.165) is 25.8 Å². The number of piperidine rings is 1. The molecule has 1 aliphatic rings. The Bertz CT molecular complexity index is 586. The summed E-state index contributed by atoms with van der Waals surface area (Å²) in [7, 11) is -3.48. The van der Waals surface area contributed by atoms with Crippen LogP contribution in [0.4, 0.5) is 10.1 Å². The van der Waals surface area contributed by atoms with E-state index >= 15 is 0 Å². The van der Waals surface area contributed by atoms with Gasteiger partial charge in [-0.2, -0.15) is 0 Å². The molecule has 0 bridgehead atoms. The topological polar surface area (TPSA) is 58.2 Å². The molecule has 1 aliphatic heterocycles. The van der Waals surface area contributed by atoms with Gasteiger partial charge in [0.15, 0.2) is 0 Å². The van der Waals surface area contributed by atoms with Crippen LogP contribution in [0.1, 0.15) is 24.8 Å². The molecule has 0 spiro atoms. The van der Waals surface area contributed by atoms with Crippen LogP contribution in [0, 0.1) is 12.7 Å². The third-order valence-corrected chi connectivity index (χ3v) is 5.35. The highest BCUT2D eigenvalue weighted by Crippen LogP contribution is 2.25. The maximum atomic E-state index is 13.5. The van der Waals surface area contributed by atoms with Crippen LogP contribution < -0.4 is 10.0 Å². The molecular formula is C13H18BrFN2O2S. The summed E-state index contributed by atoms with van der Waals surface area (Å²) < 4.78 is 40.6. The summed E-state index contributed by atoms with van der Waals surface area (Å²) in [6.07, 6.45) is 2.98. The number of hydrogen-bond donors (Lipinski definition) is 2. The van der Waals surface area contributed by atoms with Crippen molar-refractivity contribution in [3.8, 4) is 0 Å². The van der Waals surface area contributed by atoms with Crippen LogP contribution in [0.2, 0.25) is 0 Å². The average molecular weight is 365 g/mol. The molecule has 1 aromatic rings. The first-order valence-electron chi connectivity index (χ1n) is 6.57. The standard InChI is InChI=1S/C13H18BrFN2O2S/c1-9-6-11(14)12(15)7-13(9)17-20(18,19)8-10-4-2-3-5-16-10/h6-7,10,16-17H,2-5,8H2,1H3. The largest absolute Gasteiger partial charge is 0.313 e. The second-order valence-corrected chi connectivity index (χ2v) is 7.73. The van der Waals surface area contributed by atoms with E-state index in [-0.39, 0.29) is 11.8 Å². The quantitative estimate of drug-likeness (QED) is 0.863. The number of rotatable bonds is 4. The van der Waals surface area contributed by atoms with E-state index in [1.54, 1.807) is 13.0 Å². The second-order valence-electron chi connectivity index (χ2n) is 5.11. The highest BCUT2D eigenvalue weighted by atomic mass is 79.9. The molecule has 20 heavy (non-hydrogen) atoms. The van der Waals surface area contributed by atoms with E-state index in [4.69, 9.17) is 0 Å². The molecule has 0 radical (unpaired) electrons. The average Bonchev–Trinajstić information content (AvgIpc) is 2.36. The molecule has 4 nitrogen and oxygen atoms in total. The molecular weight excluding hydrogens is 347 g/mol. The fraction of sp³-hybridized carbons (Fsp3) is 0.538. The Morgan fingerprint density at radius 2 is 2.20 bits per heavy atom. The van der Waals surface area contributed by atoms with Gasteiger partial charge in [0.25, 0.3) is 0 Å². The monoisotopic (exact) mass is 364 g/mol. The maximum absolute atomic E-state index is 13.5. The van der Waals surface area contributed by atoms with Crippen molar-refractivity contribution in [1.29, 1.82) is 0 Å². The van der Waals surface area contributed by atoms with E-state index in [1.807, 2.05) is 0 Å². The molecule has 7 heteroatoms. The van der Waals surface area contributed by atoms with Crippen LogP contribution in [-0.4, -0.2) is 26.8 Å². The van der Waals surface area contributed by atoms with Crippen molar-refractivity contribution < 1.29 is 12.8 Å². The minimum absolute atomic E-state index is 0.0180. The van der Waals surface area contributed by atoms with Crippen LogP contribution in [0.15, 0.2) is 16.6 Å². The van der Waals surface area contributed by atoms with Gasteiger partial charge >= 0.3 is 0 Å². The van der Waals surface area contributed by atoms with Gasteiger partial charge in [0.2, 0.25) is 10.0 Å². The third-order valence-electron chi connectivity index (χ3n) is 3.37. The van der Waals surface area contributed by atoms with Gasteiger partial charge in [-0.3, -0.25) is 4.72 Å². The molecule has 1 saturated heterocycles. The van der Waals surface area contributed by atoms with Gasteiger partial charge in [0, 0.05) is 6.04 Å². The van der Waals surface area contributed by atoms with Gasteiger partial charge in [-0.25, -0.2) is 12.8 Å². The van der Waals surface area contributed by atoms with E-state index < -0.39 is 15.8 Å². The number of aryl methyl sites for hydroxylation is 1. The first kappa shape index (κ1) is 15.7. The van der Waals surface area contributed by atoms with Gasteiger partial charge in [-0.05, 0) is 59.9 Å². The predicted octanol–water partition coefficient (Wildman–Crippen LogP) is 2.78. The first-order chi connectivity index (χ1) is 9.37. The molecule has 1 unspecified atom stereocenters. The van der Waals surface area contributed by atoms with Crippen molar-refractivity contribution in [1.82, 2.24) is 5.32 Å². The Labute approximate surface area is 127 Å². The number of nitrogens with one attached hydrogen (secondary N) is 2. The summed E-state index contributed by atoms with van der Waals surface area (Å²) >= 11 is 3.08. The van der Waals surface area contributed by atoms with E-state index in [2.05, 4.69) is 26.0 Å². The van der Waals surface area contributed by atoms with Crippen LogP contribution in [0.3, 0.4) is 0 Å². The Morgan fingerprint density at radius 3 is 2.85 bits per heavy atom. The van der Waals surface area contributed by atoms with Crippen LogP contribution in [0.25, 0.3) is 0 Å². The zero-order valence-corrected chi connectivity index (χ0v) is 13.7. The zero-order chi connectivity index (χ0) is 14.8. The lowest BCUT2D eigenvalue weighted by Crippen LogP contribution is -2.40. The zero-order valence-electron chi connectivity index (χ0n) is 11.2. The molecule has 1 heterocycles. The molecule has 0 aromatic heterocycles. The number of benzene rings is 1. The number of anilines is 1. The lowest BCUT2D eigenvalue weighted by Gasteiger charge is -2.23. The minimum Gasteiger partial charge on any atom is -0.313 e. The molecule has 0 saturated carbocycles. The SMILES string of the molecule is Cc1cc(Br)c(F)cc1NS(=O)(=O)CC1CCCCN1. The first-order valence-corrected chi connectivity index (χ1v) is 9.01. The molecule has 2 rings (SSSR count). The fourth-order valence-corrected chi connectivity index (χ4v) is 4.21. The lowest BCUT2D eigenvalue weighted by molar-refractivity contribution is 0.424. The van der Waals surface area contributed by atoms with Crippen LogP contribution in [0.5, 0.6) is 0 Å².